The van der Waals surface area contributed by atoms with Crippen LogP contribution < -0.4 is 0 Å². The maximum absolute atomic E-state index is 3.97. The highest BCUT2D eigenvalue weighted by Gasteiger charge is 1.85. The predicted molar refractivity (Wildman–Crippen MR) is 40.4 cm³/mol. The van der Waals surface area contributed by atoms with Gasteiger partial charge in [0.15, 0.2) is 0 Å². The van der Waals surface area contributed by atoms with Crippen LogP contribution in [0.15, 0.2) is 4.99 Å². The molecule has 0 bridgehead atoms. The van der Waals surface area contributed by atoms with E-state index in [-0.39, 0.29) is 0 Å². The Morgan fingerprint density at radius 3 is 1.71 bits per heavy atom. The second kappa shape index (κ2) is 4.53. The summed E-state index contributed by atoms with van der Waals surface area (Å²) in [6, 6.07) is 0. The van der Waals surface area contributed by atoms with Gasteiger partial charge in [0.2, 0.25) is 0 Å². The molecule has 1 nitrogen and oxygen atoms in total. The molecule has 0 amide bonds. The first-order valence-electron chi connectivity index (χ1n) is 1.90. The zero-order chi connectivity index (χ0) is 5.70. The van der Waals surface area contributed by atoms with Crippen molar-refractivity contribution < 1.29 is 0 Å². The van der Waals surface area contributed by atoms with Gasteiger partial charge in [0.1, 0.15) is 4.38 Å². The molecule has 0 aliphatic rings. The van der Waals surface area contributed by atoms with Gasteiger partial charge in [-0.1, -0.05) is 0 Å². The monoisotopic (exact) mass is 135 g/mol. The molecular weight excluding hydrogens is 126 g/mol. The molecule has 0 heterocycles. The molecule has 0 aliphatic heterocycles. The third kappa shape index (κ3) is 3.00. The molecule has 3 heteroatoms. The van der Waals surface area contributed by atoms with Crippen LogP contribution in [0.5, 0.6) is 0 Å². The van der Waals surface area contributed by atoms with E-state index in [1.54, 1.807) is 23.5 Å². The number of thioether (sulfide) groups is 2. The SMILES string of the molecule is CN=C(SC)SC. The van der Waals surface area contributed by atoms with Gasteiger partial charge in [-0.05, 0) is 12.5 Å². The summed E-state index contributed by atoms with van der Waals surface area (Å²) in [5.74, 6) is 0. The van der Waals surface area contributed by atoms with Gasteiger partial charge in [-0.3, -0.25) is 4.99 Å². The Hall–Kier alpha value is 0.370. The lowest BCUT2D eigenvalue weighted by Gasteiger charge is -1.90. The number of hydrogen-bond donors (Lipinski definition) is 0. The minimum Gasteiger partial charge on any atom is -0.275 e. The molecule has 0 unspecified atom stereocenters. The van der Waals surface area contributed by atoms with Gasteiger partial charge < -0.3 is 0 Å². The molecule has 0 saturated heterocycles. The smallest absolute Gasteiger partial charge is 0.123 e. The van der Waals surface area contributed by atoms with Gasteiger partial charge in [0.05, 0.1) is 0 Å². The second-order valence-electron chi connectivity index (χ2n) is 0.898. The quantitative estimate of drug-likeness (QED) is 0.370. The van der Waals surface area contributed by atoms with Crippen molar-refractivity contribution in [2.45, 2.75) is 0 Å². The number of aliphatic imine (C=N–C) groups is 1. The summed E-state index contributed by atoms with van der Waals surface area (Å²) < 4.78 is 1.14. The summed E-state index contributed by atoms with van der Waals surface area (Å²) >= 11 is 3.37. The summed E-state index contributed by atoms with van der Waals surface area (Å²) in [7, 11) is 1.81. The van der Waals surface area contributed by atoms with Crippen LogP contribution >= 0.6 is 23.5 Å². The van der Waals surface area contributed by atoms with Crippen LogP contribution in [0.4, 0.5) is 0 Å². The molecule has 0 N–H and O–H groups in total. The van der Waals surface area contributed by atoms with E-state index in [4.69, 9.17) is 0 Å². The molecule has 0 aliphatic carbocycles. The van der Waals surface area contributed by atoms with Crippen molar-refractivity contribution in [1.29, 1.82) is 0 Å². The summed E-state index contributed by atoms with van der Waals surface area (Å²) in [5.41, 5.74) is 0. The number of hydrogen-bond acceptors (Lipinski definition) is 3. The lowest BCUT2D eigenvalue weighted by Crippen LogP contribution is -1.77. The molecule has 0 rings (SSSR count). The van der Waals surface area contributed by atoms with Crippen LogP contribution in [-0.4, -0.2) is 23.9 Å². The fraction of sp³-hybridized carbons (Fsp3) is 0.750. The van der Waals surface area contributed by atoms with Gasteiger partial charge in [0, 0.05) is 7.05 Å². The van der Waals surface area contributed by atoms with E-state index in [0.29, 0.717) is 0 Å². The van der Waals surface area contributed by atoms with Crippen LogP contribution in [0.25, 0.3) is 0 Å². The van der Waals surface area contributed by atoms with Crippen molar-refractivity contribution >= 4 is 27.9 Å². The Balaban J connectivity index is 3.38. The second-order valence-corrected chi connectivity index (χ2v) is 2.75. The predicted octanol–water partition coefficient (Wildman–Crippen LogP) is 1.70. The van der Waals surface area contributed by atoms with E-state index < -0.39 is 0 Å². The van der Waals surface area contributed by atoms with Crippen molar-refractivity contribution in [2.24, 2.45) is 4.99 Å². The molecule has 0 aromatic heterocycles. The topological polar surface area (TPSA) is 12.4 Å². The fourth-order valence-electron chi connectivity index (χ4n) is 0.266. The average Bonchev–Trinajstić information content (AvgIpc) is 1.72. The minimum atomic E-state index is 1.14. The third-order valence-electron chi connectivity index (χ3n) is 0.532. The van der Waals surface area contributed by atoms with Crippen molar-refractivity contribution in [3.63, 3.8) is 0 Å². The van der Waals surface area contributed by atoms with Gasteiger partial charge >= 0.3 is 0 Å². The fourth-order valence-corrected chi connectivity index (χ4v) is 1.30. The van der Waals surface area contributed by atoms with Crippen molar-refractivity contribution in [2.75, 3.05) is 19.6 Å². The summed E-state index contributed by atoms with van der Waals surface area (Å²) in [5, 5.41) is 0. The first-order chi connectivity index (χ1) is 3.35. The molecule has 42 valence electrons. The van der Waals surface area contributed by atoms with E-state index >= 15 is 0 Å². The Morgan fingerprint density at radius 2 is 1.71 bits per heavy atom. The van der Waals surface area contributed by atoms with Crippen LogP contribution in [0.3, 0.4) is 0 Å². The van der Waals surface area contributed by atoms with E-state index in [0.717, 1.165) is 4.38 Å². The first-order valence-corrected chi connectivity index (χ1v) is 4.35. The highest BCUT2D eigenvalue weighted by atomic mass is 32.2. The average molecular weight is 135 g/mol. The summed E-state index contributed by atoms with van der Waals surface area (Å²) in [6.07, 6.45) is 4.05. The zero-order valence-corrected chi connectivity index (χ0v) is 6.40. The van der Waals surface area contributed by atoms with Gasteiger partial charge in [-0.15, -0.1) is 23.5 Å². The van der Waals surface area contributed by atoms with E-state index in [1.807, 2.05) is 19.6 Å². The van der Waals surface area contributed by atoms with E-state index in [2.05, 4.69) is 4.99 Å². The Kier molecular flexibility index (Phi) is 4.77. The zero-order valence-electron chi connectivity index (χ0n) is 4.76. The maximum atomic E-state index is 3.97. The van der Waals surface area contributed by atoms with Crippen molar-refractivity contribution in [3.05, 3.63) is 0 Å². The maximum Gasteiger partial charge on any atom is 0.123 e. The van der Waals surface area contributed by atoms with E-state index in [9.17, 15) is 0 Å². The molecule has 0 aromatic rings. The lowest BCUT2D eigenvalue weighted by molar-refractivity contribution is 1.48. The molecule has 7 heavy (non-hydrogen) atoms. The first kappa shape index (κ1) is 7.37. The third-order valence-corrected chi connectivity index (χ3v) is 2.60. The summed E-state index contributed by atoms with van der Waals surface area (Å²) in [4.78, 5) is 3.97. The van der Waals surface area contributed by atoms with Gasteiger partial charge in [0.25, 0.3) is 0 Å². The van der Waals surface area contributed by atoms with Crippen LogP contribution in [-0.2, 0) is 0 Å². The molecule has 0 aromatic carbocycles. The van der Waals surface area contributed by atoms with Crippen LogP contribution in [0, 0.1) is 0 Å². The van der Waals surface area contributed by atoms with Gasteiger partial charge in [-0.2, -0.15) is 0 Å². The largest absolute Gasteiger partial charge is 0.275 e. The molecule has 0 saturated carbocycles. The summed E-state index contributed by atoms with van der Waals surface area (Å²) in [6.45, 7) is 0. The number of rotatable bonds is 0. The standard InChI is InChI=1S/C4H9NS2/c1-5-4(6-2)7-3/h1-3H3. The van der Waals surface area contributed by atoms with Crippen LogP contribution in [0.2, 0.25) is 0 Å². The normalized spacial score (nSPS) is 8.43. The molecule has 0 radical (unpaired) electrons. The Bertz CT molecular complexity index is 64.1. The molecule has 0 atom stereocenters. The van der Waals surface area contributed by atoms with E-state index in [1.165, 1.54) is 0 Å². The molecule has 0 fully saturated rings. The van der Waals surface area contributed by atoms with Crippen LogP contribution in [0.1, 0.15) is 0 Å². The van der Waals surface area contributed by atoms with Gasteiger partial charge in [-0.25, -0.2) is 0 Å². The molecular formula is C4H9NS2. The Labute approximate surface area is 53.0 Å². The lowest BCUT2D eigenvalue weighted by atomic mass is 11.4. The van der Waals surface area contributed by atoms with Crippen molar-refractivity contribution in [3.8, 4) is 0 Å². The highest BCUT2D eigenvalue weighted by Crippen LogP contribution is 2.08. The number of nitrogens with zero attached hydrogens (tertiary/aromatic N) is 1. The highest BCUT2D eigenvalue weighted by molar-refractivity contribution is 8.38. The Morgan fingerprint density at radius 1 is 1.29 bits per heavy atom. The molecule has 0 spiro atoms. The van der Waals surface area contributed by atoms with Crippen molar-refractivity contribution in [1.82, 2.24) is 0 Å². The minimum absolute atomic E-state index is 1.14.